The van der Waals surface area contributed by atoms with Gasteiger partial charge >= 0.3 is 0 Å². The Hall–Kier alpha value is -1.62. The van der Waals surface area contributed by atoms with Crippen LogP contribution in [0, 0.1) is 5.41 Å². The summed E-state index contributed by atoms with van der Waals surface area (Å²) in [4.78, 5) is 17.5. The van der Waals surface area contributed by atoms with Crippen LogP contribution in [0.15, 0.2) is 18.3 Å². The van der Waals surface area contributed by atoms with Gasteiger partial charge in [-0.3, -0.25) is 4.79 Å². The third-order valence-corrected chi connectivity index (χ3v) is 3.02. The lowest BCUT2D eigenvalue weighted by Gasteiger charge is -2.32. The molecule has 0 aliphatic rings. The highest BCUT2D eigenvalue weighted by Gasteiger charge is 2.20. The van der Waals surface area contributed by atoms with Crippen LogP contribution in [0.4, 0.5) is 5.82 Å². The molecule has 1 rings (SSSR count). The molecule has 1 aromatic heterocycles. The molecule has 0 atom stereocenters. The van der Waals surface area contributed by atoms with Crippen LogP contribution in [0.25, 0.3) is 0 Å². The van der Waals surface area contributed by atoms with Crippen LogP contribution in [-0.4, -0.2) is 30.5 Å². The molecule has 1 amide bonds. The van der Waals surface area contributed by atoms with Crippen molar-refractivity contribution in [3.8, 4) is 0 Å². The molecule has 4 N–H and O–H groups in total. The first-order valence-electron chi connectivity index (χ1n) is 6.60. The maximum atomic E-state index is 11.0. The van der Waals surface area contributed by atoms with Crippen LogP contribution in [-0.2, 0) is 0 Å². The van der Waals surface area contributed by atoms with Crippen molar-refractivity contribution >= 4 is 11.7 Å². The van der Waals surface area contributed by atoms with Gasteiger partial charge in [-0.05, 0) is 30.5 Å². The van der Waals surface area contributed by atoms with E-state index in [0.29, 0.717) is 12.1 Å². The molecule has 0 radical (unpaired) electrons. The third-order valence-electron chi connectivity index (χ3n) is 3.02. The van der Waals surface area contributed by atoms with E-state index in [1.54, 1.807) is 6.07 Å². The minimum absolute atomic E-state index is 0.0270. The summed E-state index contributed by atoms with van der Waals surface area (Å²) >= 11 is 0. The zero-order valence-electron chi connectivity index (χ0n) is 12.0. The van der Waals surface area contributed by atoms with E-state index in [1.165, 1.54) is 6.20 Å². The number of pyridine rings is 1. The number of primary amides is 1. The molecule has 106 valence electrons. The van der Waals surface area contributed by atoms with Crippen LogP contribution in [0.3, 0.4) is 0 Å². The lowest BCUT2D eigenvalue weighted by atomic mass is 9.93. The molecule has 0 bridgehead atoms. The number of nitrogens with zero attached hydrogens (tertiary/aromatic N) is 2. The summed E-state index contributed by atoms with van der Waals surface area (Å²) in [5.41, 5.74) is 11.5. The second-order valence-electron chi connectivity index (χ2n) is 5.56. The highest BCUT2D eigenvalue weighted by atomic mass is 16.1. The maximum Gasteiger partial charge on any atom is 0.250 e. The van der Waals surface area contributed by atoms with Crippen molar-refractivity contribution in [2.24, 2.45) is 16.9 Å². The molecular weight excluding hydrogens is 240 g/mol. The number of carbonyl (C=O) groups is 1. The molecule has 1 heterocycles. The molecule has 19 heavy (non-hydrogen) atoms. The molecule has 5 nitrogen and oxygen atoms in total. The van der Waals surface area contributed by atoms with Gasteiger partial charge in [0.1, 0.15) is 5.82 Å². The predicted octanol–water partition coefficient (Wildman–Crippen LogP) is 1.38. The second-order valence-corrected chi connectivity index (χ2v) is 5.56. The Morgan fingerprint density at radius 2 is 2.11 bits per heavy atom. The van der Waals surface area contributed by atoms with Gasteiger partial charge in [-0.25, -0.2) is 4.98 Å². The fourth-order valence-corrected chi connectivity index (χ4v) is 1.84. The fourth-order valence-electron chi connectivity index (χ4n) is 1.84. The van der Waals surface area contributed by atoms with E-state index in [-0.39, 0.29) is 5.41 Å². The van der Waals surface area contributed by atoms with E-state index < -0.39 is 5.91 Å². The van der Waals surface area contributed by atoms with E-state index in [0.717, 1.165) is 25.3 Å². The predicted molar refractivity (Wildman–Crippen MR) is 78.1 cm³/mol. The van der Waals surface area contributed by atoms with Crippen molar-refractivity contribution in [1.82, 2.24) is 4.98 Å². The SMILES string of the molecule is CCCN(CC(C)(C)CN)c1ccc(C(N)=O)cn1. The highest BCUT2D eigenvalue weighted by molar-refractivity contribution is 5.92. The number of aromatic nitrogens is 1. The summed E-state index contributed by atoms with van der Waals surface area (Å²) in [5.74, 6) is 0.400. The van der Waals surface area contributed by atoms with Gasteiger partial charge in [0.05, 0.1) is 5.56 Å². The molecule has 5 heteroatoms. The average molecular weight is 264 g/mol. The molecule has 0 spiro atoms. The molecule has 0 saturated carbocycles. The van der Waals surface area contributed by atoms with Gasteiger partial charge in [-0.1, -0.05) is 20.8 Å². The zero-order valence-corrected chi connectivity index (χ0v) is 12.0. The normalized spacial score (nSPS) is 11.4. The maximum absolute atomic E-state index is 11.0. The number of anilines is 1. The Labute approximate surface area is 115 Å². The molecule has 0 unspecified atom stereocenters. The Balaban J connectivity index is 2.89. The lowest BCUT2D eigenvalue weighted by Crippen LogP contribution is -2.39. The van der Waals surface area contributed by atoms with E-state index in [9.17, 15) is 4.79 Å². The Morgan fingerprint density at radius 3 is 2.53 bits per heavy atom. The zero-order chi connectivity index (χ0) is 14.5. The first-order chi connectivity index (χ1) is 8.89. The van der Waals surface area contributed by atoms with E-state index in [1.807, 2.05) is 6.07 Å². The molecule has 0 aliphatic carbocycles. The third kappa shape index (κ3) is 4.52. The molecule has 0 fully saturated rings. The van der Waals surface area contributed by atoms with Crippen LogP contribution < -0.4 is 16.4 Å². The highest BCUT2D eigenvalue weighted by Crippen LogP contribution is 2.20. The summed E-state index contributed by atoms with van der Waals surface area (Å²) in [7, 11) is 0. The van der Waals surface area contributed by atoms with Crippen molar-refractivity contribution < 1.29 is 4.79 Å². The Bertz CT molecular complexity index is 414. The number of carbonyl (C=O) groups excluding carboxylic acids is 1. The standard InChI is InChI=1S/C14H24N4O/c1-4-7-18(10-14(2,3)9-15)12-6-5-11(8-17-12)13(16)19/h5-6,8H,4,7,9-10,15H2,1-3H3,(H2,16,19). The topological polar surface area (TPSA) is 85.2 Å². The molecule has 1 aromatic rings. The molecular formula is C14H24N4O. The monoisotopic (exact) mass is 264 g/mol. The van der Waals surface area contributed by atoms with Crippen LogP contribution in [0.5, 0.6) is 0 Å². The van der Waals surface area contributed by atoms with Gasteiger partial charge in [-0.2, -0.15) is 0 Å². The number of amides is 1. The van der Waals surface area contributed by atoms with Crippen molar-refractivity contribution in [3.05, 3.63) is 23.9 Å². The second kappa shape index (κ2) is 6.52. The number of rotatable bonds is 7. The quantitative estimate of drug-likeness (QED) is 0.779. The van der Waals surface area contributed by atoms with Gasteiger partial charge in [-0.15, -0.1) is 0 Å². The molecule has 0 aliphatic heterocycles. The largest absolute Gasteiger partial charge is 0.366 e. The summed E-state index contributed by atoms with van der Waals surface area (Å²) < 4.78 is 0. The molecule has 0 aromatic carbocycles. The summed E-state index contributed by atoms with van der Waals surface area (Å²) in [6.45, 7) is 8.75. The van der Waals surface area contributed by atoms with Crippen molar-refractivity contribution in [2.45, 2.75) is 27.2 Å². The van der Waals surface area contributed by atoms with Crippen LogP contribution in [0.2, 0.25) is 0 Å². The van der Waals surface area contributed by atoms with E-state index >= 15 is 0 Å². The van der Waals surface area contributed by atoms with Gasteiger partial charge in [0.15, 0.2) is 0 Å². The first kappa shape index (κ1) is 15.4. The number of nitrogens with two attached hydrogens (primary N) is 2. The van der Waals surface area contributed by atoms with Crippen molar-refractivity contribution in [1.29, 1.82) is 0 Å². The van der Waals surface area contributed by atoms with Gasteiger partial charge < -0.3 is 16.4 Å². The fraction of sp³-hybridized carbons (Fsp3) is 0.571. The number of hydrogen-bond donors (Lipinski definition) is 2. The van der Waals surface area contributed by atoms with E-state index in [2.05, 4.69) is 30.7 Å². The summed E-state index contributed by atoms with van der Waals surface area (Å²) in [6, 6.07) is 3.55. The first-order valence-corrected chi connectivity index (χ1v) is 6.60. The Morgan fingerprint density at radius 1 is 1.42 bits per heavy atom. The van der Waals surface area contributed by atoms with Crippen LogP contribution >= 0.6 is 0 Å². The van der Waals surface area contributed by atoms with Crippen LogP contribution in [0.1, 0.15) is 37.6 Å². The smallest absolute Gasteiger partial charge is 0.250 e. The summed E-state index contributed by atoms with van der Waals surface area (Å²) in [6.07, 6.45) is 2.55. The number of hydrogen-bond acceptors (Lipinski definition) is 4. The van der Waals surface area contributed by atoms with Crippen molar-refractivity contribution in [2.75, 3.05) is 24.5 Å². The van der Waals surface area contributed by atoms with Gasteiger partial charge in [0, 0.05) is 19.3 Å². The van der Waals surface area contributed by atoms with Gasteiger partial charge in [0.2, 0.25) is 5.91 Å². The van der Waals surface area contributed by atoms with E-state index in [4.69, 9.17) is 11.5 Å². The minimum Gasteiger partial charge on any atom is -0.366 e. The average Bonchev–Trinajstić information content (AvgIpc) is 2.38. The minimum atomic E-state index is -0.455. The summed E-state index contributed by atoms with van der Waals surface area (Å²) in [5, 5.41) is 0. The Kier molecular flexibility index (Phi) is 5.30. The van der Waals surface area contributed by atoms with Crippen molar-refractivity contribution in [3.63, 3.8) is 0 Å². The lowest BCUT2D eigenvalue weighted by molar-refractivity contribution is 0.1000. The molecule has 0 saturated heterocycles. The van der Waals surface area contributed by atoms with Gasteiger partial charge in [0.25, 0.3) is 0 Å².